The average Bonchev–Trinajstić information content (AvgIpc) is 3.36. The molecule has 10 aromatic carbocycles. The molecule has 2 aliphatic heterocycles. The Morgan fingerprint density at radius 3 is 1.00 bits per heavy atom. The molecule has 0 aliphatic carbocycles. The number of anilines is 2. The topological polar surface area (TPSA) is 93.2 Å². The van der Waals surface area contributed by atoms with Crippen molar-refractivity contribution in [2.45, 2.75) is 0 Å². The summed E-state index contributed by atoms with van der Waals surface area (Å²) in [5.74, 6) is 0.0321. The number of methoxy groups -OCH3 is 2. The van der Waals surface area contributed by atoms with E-state index < -0.39 is 0 Å². The van der Waals surface area contributed by atoms with Gasteiger partial charge in [-0.1, -0.05) is 109 Å². The third-order valence-corrected chi connectivity index (χ3v) is 13.1. The highest BCUT2D eigenvalue weighted by atomic mass is 16.5. The zero-order chi connectivity index (χ0) is 44.8. The number of nitrogens with zero attached hydrogens (tertiary/aromatic N) is 2. The van der Waals surface area contributed by atoms with Crippen LogP contribution in [-0.2, 0) is 0 Å². The Bertz CT molecular complexity index is 3410. The van der Waals surface area contributed by atoms with Crippen LogP contribution in [0.3, 0.4) is 0 Å². The van der Waals surface area contributed by atoms with E-state index in [0.29, 0.717) is 55.9 Å². The molecular formula is C58H36N2O6. The van der Waals surface area contributed by atoms with Crippen LogP contribution in [0.25, 0.3) is 76.5 Å². The molecule has 314 valence electrons. The first-order chi connectivity index (χ1) is 32.3. The Morgan fingerprint density at radius 1 is 0.333 bits per heavy atom. The lowest BCUT2D eigenvalue weighted by molar-refractivity contribution is 0.0877. The van der Waals surface area contributed by atoms with Crippen LogP contribution in [0.5, 0.6) is 11.5 Å². The van der Waals surface area contributed by atoms with E-state index in [0.717, 1.165) is 65.7 Å². The number of amides is 4. The van der Waals surface area contributed by atoms with E-state index in [1.165, 1.54) is 9.80 Å². The van der Waals surface area contributed by atoms with Gasteiger partial charge in [0.05, 0.1) is 25.6 Å². The Morgan fingerprint density at radius 2 is 0.667 bits per heavy atom. The fraction of sp³-hybridized carbons (Fsp3) is 0.0345. The lowest BCUT2D eigenvalue weighted by atomic mass is 9.90. The van der Waals surface area contributed by atoms with Gasteiger partial charge in [-0.2, -0.15) is 0 Å². The van der Waals surface area contributed by atoms with E-state index in [2.05, 4.69) is 36.4 Å². The van der Waals surface area contributed by atoms with Crippen molar-refractivity contribution in [3.8, 4) is 44.9 Å². The molecule has 0 saturated carbocycles. The van der Waals surface area contributed by atoms with Gasteiger partial charge in [0.25, 0.3) is 23.6 Å². The van der Waals surface area contributed by atoms with E-state index in [1.54, 1.807) is 38.5 Å². The number of benzene rings is 10. The van der Waals surface area contributed by atoms with Gasteiger partial charge in [0.1, 0.15) is 11.5 Å². The molecule has 0 unspecified atom stereocenters. The van der Waals surface area contributed by atoms with Crippen molar-refractivity contribution in [3.05, 3.63) is 204 Å². The van der Waals surface area contributed by atoms with E-state index in [4.69, 9.17) is 9.47 Å². The Kier molecular flexibility index (Phi) is 8.73. The second-order valence-corrected chi connectivity index (χ2v) is 16.6. The third-order valence-electron chi connectivity index (χ3n) is 13.1. The van der Waals surface area contributed by atoms with Crippen molar-refractivity contribution in [1.29, 1.82) is 0 Å². The molecule has 0 N–H and O–H groups in total. The molecule has 8 heteroatoms. The summed E-state index contributed by atoms with van der Waals surface area (Å²) < 4.78 is 12.1. The summed E-state index contributed by atoms with van der Waals surface area (Å²) in [5, 5.41) is 7.04. The van der Waals surface area contributed by atoms with Gasteiger partial charge in [-0.15, -0.1) is 0 Å². The Labute approximate surface area is 378 Å². The summed E-state index contributed by atoms with van der Waals surface area (Å²) in [6.07, 6.45) is 0. The van der Waals surface area contributed by atoms with Crippen LogP contribution >= 0.6 is 0 Å². The molecule has 0 fully saturated rings. The van der Waals surface area contributed by atoms with Crippen molar-refractivity contribution in [2.75, 3.05) is 24.0 Å². The summed E-state index contributed by atoms with van der Waals surface area (Å²) in [7, 11) is 3.34. The quantitative estimate of drug-likeness (QED) is 0.148. The summed E-state index contributed by atoms with van der Waals surface area (Å²) in [6, 6.07) is 57.8. The van der Waals surface area contributed by atoms with Gasteiger partial charge in [-0.25, -0.2) is 9.80 Å². The number of ether oxygens (including phenoxy) is 2. The van der Waals surface area contributed by atoms with Gasteiger partial charge in [-0.3, -0.25) is 19.2 Å². The largest absolute Gasteiger partial charge is 0.496 e. The summed E-state index contributed by atoms with van der Waals surface area (Å²) in [4.78, 5) is 57.4. The molecule has 0 spiro atoms. The normalized spacial score (nSPS) is 13.4. The maximum absolute atomic E-state index is 13.7. The molecule has 10 aromatic rings. The van der Waals surface area contributed by atoms with Gasteiger partial charge in [0.15, 0.2) is 0 Å². The minimum atomic E-state index is -0.339. The van der Waals surface area contributed by atoms with Crippen molar-refractivity contribution in [2.24, 2.45) is 0 Å². The van der Waals surface area contributed by atoms with Gasteiger partial charge in [0, 0.05) is 44.2 Å². The number of carbonyl (C=O) groups excluding carboxylic acids is 4. The van der Waals surface area contributed by atoms with E-state index in [1.807, 2.05) is 121 Å². The van der Waals surface area contributed by atoms with Crippen LogP contribution in [-0.4, -0.2) is 37.8 Å². The molecule has 4 amide bonds. The fourth-order valence-electron chi connectivity index (χ4n) is 9.97. The monoisotopic (exact) mass is 856 g/mol. The highest BCUT2D eigenvalue weighted by Gasteiger charge is 2.35. The predicted molar refractivity (Wildman–Crippen MR) is 261 cm³/mol. The van der Waals surface area contributed by atoms with Gasteiger partial charge in [0.2, 0.25) is 0 Å². The Hall–Kier alpha value is -8.88. The van der Waals surface area contributed by atoms with Gasteiger partial charge >= 0.3 is 0 Å². The number of carbonyl (C=O) groups is 4. The minimum Gasteiger partial charge on any atom is -0.496 e. The lowest BCUT2D eigenvalue weighted by Gasteiger charge is -2.27. The smallest absolute Gasteiger partial charge is 0.265 e. The van der Waals surface area contributed by atoms with Crippen LogP contribution < -0.4 is 19.3 Å². The first kappa shape index (κ1) is 38.8. The summed E-state index contributed by atoms with van der Waals surface area (Å²) in [5.41, 5.74) is 8.63. The number of hydrogen-bond donors (Lipinski definition) is 0. The zero-order valence-corrected chi connectivity index (χ0v) is 35.7. The molecule has 0 atom stereocenters. The minimum absolute atomic E-state index is 0.339. The number of hydrogen-bond acceptors (Lipinski definition) is 6. The second kappa shape index (κ2) is 14.9. The molecule has 12 rings (SSSR count). The molecule has 2 aliphatic rings. The highest BCUT2D eigenvalue weighted by Crippen LogP contribution is 2.47. The highest BCUT2D eigenvalue weighted by molar-refractivity contribution is 6.37. The number of imide groups is 2. The standard InChI is InChI=1S/C58H36N2O6/c1-65-49-29-21-39-31-37(33-15-23-41(24-16-33)59-55(61)45-11-3-7-35-8-4-12-46(51(35)45)56(59)62)19-27-43(39)53(49)54-44-28-20-38(32-40(44)22-30-50(54)66-2)34-17-25-42(26-18-34)60-57(63)47-13-5-9-36-10-6-14-48(52(36)47)58(60)64/h3-32H,1-2H3. The van der Waals surface area contributed by atoms with Crippen LogP contribution in [0, 0.1) is 0 Å². The third kappa shape index (κ3) is 5.78. The van der Waals surface area contributed by atoms with Crippen molar-refractivity contribution >= 4 is 78.1 Å². The van der Waals surface area contributed by atoms with Crippen molar-refractivity contribution < 1.29 is 28.7 Å². The van der Waals surface area contributed by atoms with Crippen LogP contribution in [0.15, 0.2) is 182 Å². The van der Waals surface area contributed by atoms with Crippen LogP contribution in [0.2, 0.25) is 0 Å². The molecule has 66 heavy (non-hydrogen) atoms. The summed E-state index contributed by atoms with van der Waals surface area (Å²) in [6.45, 7) is 0. The second-order valence-electron chi connectivity index (χ2n) is 16.6. The first-order valence-electron chi connectivity index (χ1n) is 21.5. The molecule has 0 aromatic heterocycles. The molecule has 8 nitrogen and oxygen atoms in total. The fourth-order valence-corrected chi connectivity index (χ4v) is 9.97. The van der Waals surface area contributed by atoms with Crippen LogP contribution in [0.1, 0.15) is 41.4 Å². The molecule has 0 saturated heterocycles. The van der Waals surface area contributed by atoms with Crippen LogP contribution in [0.4, 0.5) is 11.4 Å². The molecular weight excluding hydrogens is 821 g/mol. The zero-order valence-electron chi connectivity index (χ0n) is 35.7. The summed E-state index contributed by atoms with van der Waals surface area (Å²) >= 11 is 0. The van der Waals surface area contributed by atoms with E-state index in [-0.39, 0.29) is 23.6 Å². The van der Waals surface area contributed by atoms with E-state index >= 15 is 0 Å². The number of rotatable bonds is 7. The predicted octanol–water partition coefficient (Wildman–Crippen LogP) is 12.9. The van der Waals surface area contributed by atoms with Crippen molar-refractivity contribution in [3.63, 3.8) is 0 Å². The maximum Gasteiger partial charge on any atom is 0.265 e. The van der Waals surface area contributed by atoms with Crippen molar-refractivity contribution in [1.82, 2.24) is 0 Å². The molecule has 2 heterocycles. The maximum atomic E-state index is 13.7. The van der Waals surface area contributed by atoms with Gasteiger partial charge < -0.3 is 9.47 Å². The van der Waals surface area contributed by atoms with Gasteiger partial charge in [-0.05, 0) is 127 Å². The first-order valence-corrected chi connectivity index (χ1v) is 21.5. The SMILES string of the molecule is COc1ccc2cc(-c3ccc(N4C(=O)c5cccc6cccc(c56)C4=O)cc3)ccc2c1-c1c(OC)ccc2cc(-c3ccc(N4C(=O)c5cccc6cccc(c56)C4=O)cc3)ccc12. The van der Waals surface area contributed by atoms with E-state index in [9.17, 15) is 19.2 Å². The number of fused-ring (bicyclic) bond motifs is 2. The average molecular weight is 857 g/mol. The lowest BCUT2D eigenvalue weighted by Crippen LogP contribution is -2.40. The molecule has 0 radical (unpaired) electrons. The molecule has 0 bridgehead atoms. The Balaban J connectivity index is 0.870.